The van der Waals surface area contributed by atoms with Crippen molar-refractivity contribution >= 4 is 17.9 Å². The van der Waals surface area contributed by atoms with Gasteiger partial charge in [0.25, 0.3) is 18.2 Å². The van der Waals surface area contributed by atoms with E-state index in [0.717, 1.165) is 0 Å². The average Bonchev–Trinajstić information content (AvgIpc) is 2.60. The van der Waals surface area contributed by atoms with Crippen molar-refractivity contribution in [2.75, 3.05) is 6.54 Å². The Labute approximate surface area is 105 Å². The van der Waals surface area contributed by atoms with Gasteiger partial charge in [-0.25, -0.2) is 18.6 Å². The van der Waals surface area contributed by atoms with Crippen LogP contribution in [0.2, 0.25) is 0 Å². The van der Waals surface area contributed by atoms with E-state index in [1.165, 1.54) is 24.3 Å². The Morgan fingerprint density at radius 1 is 1.21 bits per heavy atom. The summed E-state index contributed by atoms with van der Waals surface area (Å²) in [5.41, 5.74) is -0.0129. The number of carboxylic acid groups (broad SMARTS) is 1. The SMILES string of the molecule is O=C(O)N(CC(F)F)N1C(=O)c2ccccc2C1=O. The van der Waals surface area contributed by atoms with Gasteiger partial charge in [-0.15, -0.1) is 0 Å². The van der Waals surface area contributed by atoms with Gasteiger partial charge in [-0.3, -0.25) is 9.59 Å². The molecule has 0 spiro atoms. The number of imide groups is 1. The molecule has 1 aliphatic heterocycles. The summed E-state index contributed by atoms with van der Waals surface area (Å²) in [5, 5.41) is 9.09. The molecule has 6 nitrogen and oxygen atoms in total. The number of carbonyl (C=O) groups excluding carboxylic acids is 2. The topological polar surface area (TPSA) is 77.9 Å². The average molecular weight is 270 g/mol. The second-order valence-corrected chi connectivity index (χ2v) is 3.72. The molecule has 0 saturated carbocycles. The van der Waals surface area contributed by atoms with Gasteiger partial charge in [0.05, 0.1) is 11.1 Å². The third-order valence-electron chi connectivity index (χ3n) is 2.55. The van der Waals surface area contributed by atoms with E-state index in [1.54, 1.807) is 0 Å². The molecule has 1 aromatic carbocycles. The van der Waals surface area contributed by atoms with Crippen LogP contribution in [0.5, 0.6) is 0 Å². The lowest BCUT2D eigenvalue weighted by Crippen LogP contribution is -2.51. The van der Waals surface area contributed by atoms with Crippen molar-refractivity contribution in [1.82, 2.24) is 10.0 Å². The number of hydrazine groups is 1. The number of carbonyl (C=O) groups is 3. The van der Waals surface area contributed by atoms with Crippen LogP contribution < -0.4 is 0 Å². The summed E-state index contributed by atoms with van der Waals surface area (Å²) in [5.74, 6) is -1.85. The molecular formula is C11H8F2N2O4. The highest BCUT2D eigenvalue weighted by molar-refractivity contribution is 6.21. The number of nitrogens with zero attached hydrogens (tertiary/aromatic N) is 2. The molecule has 8 heteroatoms. The highest BCUT2D eigenvalue weighted by atomic mass is 19.3. The molecule has 0 unspecified atom stereocenters. The van der Waals surface area contributed by atoms with Crippen LogP contribution in [-0.4, -0.2) is 46.0 Å². The molecule has 1 aromatic rings. The first kappa shape index (κ1) is 12.9. The summed E-state index contributed by atoms with van der Waals surface area (Å²) >= 11 is 0. The van der Waals surface area contributed by atoms with Gasteiger partial charge in [0.15, 0.2) is 0 Å². The minimum absolute atomic E-state index is 0.00647. The largest absolute Gasteiger partial charge is 0.464 e. The lowest BCUT2D eigenvalue weighted by atomic mass is 10.1. The molecular weight excluding hydrogens is 262 g/mol. The predicted octanol–water partition coefficient (Wildman–Crippen LogP) is 1.44. The fraction of sp³-hybridized carbons (Fsp3) is 0.182. The molecule has 2 rings (SSSR count). The van der Waals surface area contributed by atoms with Crippen LogP contribution in [0, 0.1) is 0 Å². The molecule has 0 aromatic heterocycles. The fourth-order valence-electron chi connectivity index (χ4n) is 1.77. The maximum atomic E-state index is 12.3. The van der Waals surface area contributed by atoms with Gasteiger partial charge in [-0.1, -0.05) is 12.1 Å². The quantitative estimate of drug-likeness (QED) is 0.843. The number of amides is 3. The number of benzene rings is 1. The highest BCUT2D eigenvalue weighted by Gasteiger charge is 2.42. The summed E-state index contributed by atoms with van der Waals surface area (Å²) < 4.78 is 24.7. The third kappa shape index (κ3) is 2.12. The number of rotatable bonds is 3. The van der Waals surface area contributed by atoms with Gasteiger partial charge in [0.2, 0.25) is 0 Å². The molecule has 1 heterocycles. The number of hydrogen-bond acceptors (Lipinski definition) is 3. The fourth-order valence-corrected chi connectivity index (χ4v) is 1.77. The minimum atomic E-state index is -3.00. The van der Waals surface area contributed by atoms with Crippen molar-refractivity contribution in [2.45, 2.75) is 6.43 Å². The Kier molecular flexibility index (Phi) is 3.16. The molecule has 0 atom stereocenters. The standard InChI is InChI=1S/C11H8F2N2O4/c12-8(13)5-14(11(18)19)15-9(16)6-3-1-2-4-7(6)10(15)17/h1-4,8H,5H2,(H,18,19). The van der Waals surface area contributed by atoms with E-state index in [-0.39, 0.29) is 21.1 Å². The van der Waals surface area contributed by atoms with Gasteiger partial charge >= 0.3 is 6.09 Å². The zero-order valence-electron chi connectivity index (χ0n) is 9.42. The van der Waals surface area contributed by atoms with E-state index in [1.807, 2.05) is 0 Å². The summed E-state index contributed by atoms with van der Waals surface area (Å²) in [4.78, 5) is 34.7. The van der Waals surface area contributed by atoms with E-state index in [0.29, 0.717) is 0 Å². The molecule has 3 amide bonds. The third-order valence-corrected chi connectivity index (χ3v) is 2.55. The molecule has 0 aliphatic carbocycles. The lowest BCUT2D eigenvalue weighted by molar-refractivity contribution is -0.0165. The maximum Gasteiger partial charge on any atom is 0.427 e. The van der Waals surface area contributed by atoms with Crippen molar-refractivity contribution in [3.05, 3.63) is 35.4 Å². The van der Waals surface area contributed by atoms with Gasteiger partial charge < -0.3 is 5.11 Å². The van der Waals surface area contributed by atoms with Crippen LogP contribution in [0.4, 0.5) is 13.6 Å². The smallest absolute Gasteiger partial charge is 0.427 e. The zero-order valence-corrected chi connectivity index (χ0v) is 9.42. The Bertz CT molecular complexity index is 526. The Morgan fingerprint density at radius 3 is 2.05 bits per heavy atom. The van der Waals surface area contributed by atoms with E-state index in [2.05, 4.69) is 0 Å². The second-order valence-electron chi connectivity index (χ2n) is 3.72. The van der Waals surface area contributed by atoms with Crippen molar-refractivity contribution in [3.8, 4) is 0 Å². The van der Waals surface area contributed by atoms with Gasteiger partial charge in [0, 0.05) is 0 Å². The lowest BCUT2D eigenvalue weighted by Gasteiger charge is -2.26. The number of hydrogen-bond donors (Lipinski definition) is 1. The van der Waals surface area contributed by atoms with Crippen LogP contribution in [0.3, 0.4) is 0 Å². The van der Waals surface area contributed by atoms with Crippen molar-refractivity contribution in [3.63, 3.8) is 0 Å². The highest BCUT2D eigenvalue weighted by Crippen LogP contribution is 2.24. The summed E-state index contributed by atoms with van der Waals surface area (Å²) in [6, 6.07) is 5.65. The van der Waals surface area contributed by atoms with E-state index < -0.39 is 30.9 Å². The Balaban J connectivity index is 2.39. The molecule has 1 aliphatic rings. The first-order chi connectivity index (χ1) is 8.93. The van der Waals surface area contributed by atoms with Crippen molar-refractivity contribution in [1.29, 1.82) is 0 Å². The normalized spacial score (nSPS) is 13.9. The van der Waals surface area contributed by atoms with Gasteiger partial charge in [0.1, 0.15) is 6.54 Å². The summed E-state index contributed by atoms with van der Waals surface area (Å²) in [6.45, 7) is -1.25. The summed E-state index contributed by atoms with van der Waals surface area (Å²) in [6.07, 6.45) is -4.80. The molecule has 0 bridgehead atoms. The van der Waals surface area contributed by atoms with Gasteiger partial charge in [-0.2, -0.15) is 5.01 Å². The van der Waals surface area contributed by atoms with Crippen molar-refractivity contribution in [2.24, 2.45) is 0 Å². The summed E-state index contributed by atoms with van der Waals surface area (Å²) in [7, 11) is 0. The first-order valence-electron chi connectivity index (χ1n) is 5.20. The van der Waals surface area contributed by atoms with Crippen LogP contribution >= 0.6 is 0 Å². The van der Waals surface area contributed by atoms with Gasteiger partial charge in [-0.05, 0) is 12.1 Å². The number of alkyl halides is 2. The van der Waals surface area contributed by atoms with Crippen LogP contribution in [0.15, 0.2) is 24.3 Å². The monoisotopic (exact) mass is 270 g/mol. The minimum Gasteiger partial charge on any atom is -0.464 e. The van der Waals surface area contributed by atoms with Crippen molar-refractivity contribution < 1.29 is 28.3 Å². The second kappa shape index (κ2) is 4.63. The number of fused-ring (bicyclic) bond motifs is 1. The predicted molar refractivity (Wildman–Crippen MR) is 57.7 cm³/mol. The Hall–Kier alpha value is -2.51. The molecule has 0 saturated heterocycles. The molecule has 0 radical (unpaired) electrons. The van der Waals surface area contributed by atoms with Crippen LogP contribution in [0.1, 0.15) is 20.7 Å². The molecule has 1 N–H and O–H groups in total. The molecule has 100 valence electrons. The van der Waals surface area contributed by atoms with E-state index in [4.69, 9.17) is 5.11 Å². The first-order valence-corrected chi connectivity index (χ1v) is 5.20. The van der Waals surface area contributed by atoms with Crippen LogP contribution in [-0.2, 0) is 0 Å². The zero-order chi connectivity index (χ0) is 14.2. The number of halogens is 2. The van der Waals surface area contributed by atoms with E-state index in [9.17, 15) is 23.2 Å². The van der Waals surface area contributed by atoms with E-state index >= 15 is 0 Å². The molecule has 0 fully saturated rings. The molecule has 19 heavy (non-hydrogen) atoms. The Morgan fingerprint density at radius 2 is 1.68 bits per heavy atom. The maximum absolute atomic E-state index is 12.3. The van der Waals surface area contributed by atoms with Crippen LogP contribution in [0.25, 0.3) is 0 Å².